The van der Waals surface area contributed by atoms with Crippen LogP contribution in [-0.4, -0.2) is 33.6 Å². The van der Waals surface area contributed by atoms with Crippen molar-refractivity contribution in [2.45, 2.75) is 34.1 Å². The standard InChI is InChI=1S/C13H23NO3Si/c1-5-12-13(10-9-11-14-12)18(15-6-2,16-7-3)17-8-4/h9-11H,5-8H2,1-4H3. The molecular weight excluding hydrogens is 246 g/mol. The van der Waals surface area contributed by atoms with Gasteiger partial charge in [0.15, 0.2) is 0 Å². The van der Waals surface area contributed by atoms with Crippen LogP contribution in [0, 0.1) is 0 Å². The topological polar surface area (TPSA) is 40.6 Å². The van der Waals surface area contributed by atoms with Crippen LogP contribution >= 0.6 is 0 Å². The maximum atomic E-state index is 5.89. The van der Waals surface area contributed by atoms with Crippen molar-refractivity contribution < 1.29 is 13.3 Å². The Morgan fingerprint density at radius 3 is 2.00 bits per heavy atom. The average Bonchev–Trinajstić information content (AvgIpc) is 2.39. The van der Waals surface area contributed by atoms with E-state index in [1.165, 1.54) is 0 Å². The minimum Gasteiger partial charge on any atom is -0.370 e. The monoisotopic (exact) mass is 269 g/mol. The fourth-order valence-electron chi connectivity index (χ4n) is 1.93. The zero-order valence-corrected chi connectivity index (χ0v) is 12.7. The molecule has 1 heterocycles. The maximum absolute atomic E-state index is 5.89. The van der Waals surface area contributed by atoms with E-state index < -0.39 is 8.80 Å². The summed E-state index contributed by atoms with van der Waals surface area (Å²) in [6.07, 6.45) is 2.64. The van der Waals surface area contributed by atoms with Crippen molar-refractivity contribution in [3.8, 4) is 0 Å². The Labute approximate surface area is 111 Å². The normalized spacial score (nSPS) is 11.8. The largest absolute Gasteiger partial charge is 0.539 e. The summed E-state index contributed by atoms with van der Waals surface area (Å²) in [6, 6.07) is 3.92. The van der Waals surface area contributed by atoms with Crippen LogP contribution in [0.5, 0.6) is 0 Å². The van der Waals surface area contributed by atoms with Crippen LogP contribution in [0.25, 0.3) is 0 Å². The van der Waals surface area contributed by atoms with Gasteiger partial charge in [-0.25, -0.2) is 0 Å². The van der Waals surface area contributed by atoms with Crippen LogP contribution in [0.1, 0.15) is 33.4 Å². The van der Waals surface area contributed by atoms with E-state index in [1.54, 1.807) is 6.20 Å². The number of aromatic nitrogens is 1. The lowest BCUT2D eigenvalue weighted by Gasteiger charge is -2.29. The zero-order chi connectivity index (χ0) is 13.4. The molecule has 0 unspecified atom stereocenters. The number of nitrogens with zero attached hydrogens (tertiary/aromatic N) is 1. The lowest BCUT2D eigenvalue weighted by molar-refractivity contribution is 0.0856. The van der Waals surface area contributed by atoms with Gasteiger partial charge in [-0.3, -0.25) is 4.98 Å². The molecule has 0 spiro atoms. The van der Waals surface area contributed by atoms with E-state index in [0.29, 0.717) is 19.8 Å². The molecule has 1 aromatic rings. The molecule has 0 aromatic carbocycles. The van der Waals surface area contributed by atoms with Crippen molar-refractivity contribution in [1.82, 2.24) is 4.98 Å². The van der Waals surface area contributed by atoms with Crippen molar-refractivity contribution in [2.75, 3.05) is 19.8 Å². The SMILES string of the molecule is CCO[Si](OCC)(OCC)c1cccnc1CC. The first-order chi connectivity index (χ1) is 8.74. The summed E-state index contributed by atoms with van der Waals surface area (Å²) in [5, 5.41) is 0.998. The predicted octanol–water partition coefficient (Wildman–Crippen LogP) is 1.90. The second-order valence-electron chi connectivity index (χ2n) is 3.71. The summed E-state index contributed by atoms with van der Waals surface area (Å²) in [7, 11) is -2.80. The third kappa shape index (κ3) is 3.38. The van der Waals surface area contributed by atoms with Crippen LogP contribution in [0.15, 0.2) is 18.3 Å². The fourth-order valence-corrected chi connectivity index (χ4v) is 4.68. The van der Waals surface area contributed by atoms with Gasteiger partial charge in [0, 0.05) is 36.9 Å². The van der Waals surface area contributed by atoms with Crippen LogP contribution < -0.4 is 5.19 Å². The van der Waals surface area contributed by atoms with Gasteiger partial charge < -0.3 is 13.3 Å². The van der Waals surface area contributed by atoms with Gasteiger partial charge in [-0.05, 0) is 33.3 Å². The summed E-state index contributed by atoms with van der Waals surface area (Å²) < 4.78 is 17.7. The van der Waals surface area contributed by atoms with E-state index in [9.17, 15) is 0 Å². The highest BCUT2D eigenvalue weighted by Gasteiger charge is 2.45. The molecule has 0 amide bonds. The van der Waals surface area contributed by atoms with Crippen LogP contribution in [0.3, 0.4) is 0 Å². The molecular formula is C13H23NO3Si. The number of rotatable bonds is 8. The minimum atomic E-state index is -2.80. The molecule has 102 valence electrons. The van der Waals surface area contributed by atoms with E-state index in [-0.39, 0.29) is 0 Å². The van der Waals surface area contributed by atoms with E-state index in [2.05, 4.69) is 11.9 Å². The van der Waals surface area contributed by atoms with Gasteiger partial charge >= 0.3 is 8.80 Å². The Bertz CT molecular complexity index is 343. The molecule has 0 fully saturated rings. The molecule has 0 aliphatic heterocycles. The molecule has 0 N–H and O–H groups in total. The smallest absolute Gasteiger partial charge is 0.370 e. The molecule has 1 aromatic heterocycles. The first-order valence-corrected chi connectivity index (χ1v) is 8.32. The fraction of sp³-hybridized carbons (Fsp3) is 0.615. The Hall–Kier alpha value is -0.753. The lowest BCUT2D eigenvalue weighted by atomic mass is 10.3. The van der Waals surface area contributed by atoms with E-state index in [4.69, 9.17) is 13.3 Å². The summed E-state index contributed by atoms with van der Waals surface area (Å²) in [5.41, 5.74) is 1.000. The molecule has 18 heavy (non-hydrogen) atoms. The van der Waals surface area contributed by atoms with Gasteiger partial charge in [0.2, 0.25) is 0 Å². The van der Waals surface area contributed by atoms with E-state index in [1.807, 2.05) is 32.9 Å². The highest BCUT2D eigenvalue weighted by molar-refractivity contribution is 6.75. The molecule has 4 nitrogen and oxygen atoms in total. The second-order valence-corrected chi connectivity index (χ2v) is 6.22. The molecule has 5 heteroatoms. The summed E-state index contributed by atoms with van der Waals surface area (Å²) in [6.45, 7) is 9.68. The highest BCUT2D eigenvalue weighted by atomic mass is 28.4. The Kier molecular flexibility index (Phi) is 6.49. The van der Waals surface area contributed by atoms with Crippen molar-refractivity contribution in [3.05, 3.63) is 24.0 Å². The molecule has 0 atom stereocenters. The molecule has 0 aliphatic rings. The zero-order valence-electron chi connectivity index (χ0n) is 11.7. The van der Waals surface area contributed by atoms with Crippen molar-refractivity contribution >= 4 is 14.0 Å². The summed E-state index contributed by atoms with van der Waals surface area (Å²) >= 11 is 0. The highest BCUT2D eigenvalue weighted by Crippen LogP contribution is 2.12. The Morgan fingerprint density at radius 2 is 1.56 bits per heavy atom. The third-order valence-electron chi connectivity index (χ3n) is 2.56. The number of aryl methyl sites for hydroxylation is 1. The van der Waals surface area contributed by atoms with Gasteiger partial charge in [0.1, 0.15) is 0 Å². The quantitative estimate of drug-likeness (QED) is 0.676. The molecule has 0 saturated carbocycles. The third-order valence-corrected chi connectivity index (χ3v) is 5.68. The minimum absolute atomic E-state index is 0.574. The summed E-state index contributed by atoms with van der Waals surface area (Å²) in [4.78, 5) is 4.40. The molecule has 0 saturated heterocycles. The molecule has 0 aliphatic carbocycles. The predicted molar refractivity (Wildman–Crippen MR) is 73.9 cm³/mol. The maximum Gasteiger partial charge on any atom is 0.539 e. The first-order valence-electron chi connectivity index (χ1n) is 6.60. The number of hydrogen-bond acceptors (Lipinski definition) is 4. The van der Waals surface area contributed by atoms with Crippen molar-refractivity contribution in [1.29, 1.82) is 0 Å². The van der Waals surface area contributed by atoms with Crippen LogP contribution in [0.4, 0.5) is 0 Å². The van der Waals surface area contributed by atoms with Gasteiger partial charge in [-0.15, -0.1) is 0 Å². The molecule has 0 bridgehead atoms. The number of pyridine rings is 1. The van der Waals surface area contributed by atoms with Gasteiger partial charge in [0.05, 0.1) is 0 Å². The number of hydrogen-bond donors (Lipinski definition) is 0. The second kappa shape index (κ2) is 7.63. The average molecular weight is 269 g/mol. The molecule has 0 radical (unpaired) electrons. The van der Waals surface area contributed by atoms with Gasteiger partial charge in [0.25, 0.3) is 0 Å². The molecule has 1 rings (SSSR count). The van der Waals surface area contributed by atoms with Gasteiger partial charge in [-0.2, -0.15) is 0 Å². The van der Waals surface area contributed by atoms with Crippen molar-refractivity contribution in [3.63, 3.8) is 0 Å². The van der Waals surface area contributed by atoms with Crippen molar-refractivity contribution in [2.24, 2.45) is 0 Å². The van der Waals surface area contributed by atoms with Gasteiger partial charge in [-0.1, -0.05) is 13.0 Å². The Morgan fingerprint density at radius 1 is 1.00 bits per heavy atom. The lowest BCUT2D eigenvalue weighted by Crippen LogP contribution is -2.58. The summed E-state index contributed by atoms with van der Waals surface area (Å²) in [5.74, 6) is 0. The van der Waals surface area contributed by atoms with Crippen LogP contribution in [-0.2, 0) is 19.7 Å². The first kappa shape index (κ1) is 15.3. The Balaban J connectivity index is 3.20. The van der Waals surface area contributed by atoms with E-state index >= 15 is 0 Å². The van der Waals surface area contributed by atoms with Crippen LogP contribution in [0.2, 0.25) is 0 Å². The van der Waals surface area contributed by atoms with E-state index in [0.717, 1.165) is 17.3 Å².